The largest absolute Gasteiger partial charge is 0.360 e. The predicted molar refractivity (Wildman–Crippen MR) is 81.0 cm³/mol. The van der Waals surface area contributed by atoms with E-state index >= 15 is 0 Å². The Bertz CT molecular complexity index is 628. The first-order chi connectivity index (χ1) is 10.2. The van der Waals surface area contributed by atoms with Crippen molar-refractivity contribution >= 4 is 22.5 Å². The molecule has 0 bridgehead atoms. The molecular weight excluding hydrogens is 291 g/mol. The van der Waals surface area contributed by atoms with Crippen molar-refractivity contribution in [3.8, 4) is 11.3 Å². The molecule has 7 heteroatoms. The van der Waals surface area contributed by atoms with Crippen molar-refractivity contribution in [2.75, 3.05) is 31.5 Å². The van der Waals surface area contributed by atoms with Gasteiger partial charge in [-0.25, -0.2) is 14.2 Å². The van der Waals surface area contributed by atoms with Gasteiger partial charge in [-0.3, -0.25) is 0 Å². The third kappa shape index (κ3) is 3.30. The summed E-state index contributed by atoms with van der Waals surface area (Å²) >= 11 is 1.50. The fourth-order valence-electron chi connectivity index (χ4n) is 2.13. The van der Waals surface area contributed by atoms with Crippen molar-refractivity contribution in [2.45, 2.75) is 0 Å². The zero-order valence-corrected chi connectivity index (χ0v) is 12.1. The normalized spacial score (nSPS) is 14.3. The minimum absolute atomic E-state index is 0.0112. The Labute approximate surface area is 125 Å². The van der Waals surface area contributed by atoms with E-state index in [1.165, 1.54) is 23.5 Å². The summed E-state index contributed by atoms with van der Waals surface area (Å²) in [6.45, 7) is 2.77. The fraction of sp³-hybridized carbons (Fsp3) is 0.286. The van der Waals surface area contributed by atoms with Crippen LogP contribution in [0.25, 0.3) is 11.3 Å². The highest BCUT2D eigenvalue weighted by Crippen LogP contribution is 2.24. The van der Waals surface area contributed by atoms with Gasteiger partial charge in [0.05, 0.1) is 5.69 Å². The van der Waals surface area contributed by atoms with Crippen molar-refractivity contribution in [2.24, 2.45) is 0 Å². The first-order valence-corrected chi connectivity index (χ1v) is 7.58. The molecule has 0 spiro atoms. The van der Waals surface area contributed by atoms with Crippen LogP contribution in [0.1, 0.15) is 0 Å². The molecule has 1 aliphatic rings. The SMILES string of the molecule is O=C1NCCN1CCNc1nc(-c2ccc(F)cc2)cs1. The van der Waals surface area contributed by atoms with Gasteiger partial charge in [-0.1, -0.05) is 0 Å². The van der Waals surface area contributed by atoms with E-state index in [2.05, 4.69) is 15.6 Å². The van der Waals surface area contributed by atoms with Gasteiger partial charge in [-0.15, -0.1) is 11.3 Å². The average molecular weight is 306 g/mol. The molecule has 2 aromatic rings. The summed E-state index contributed by atoms with van der Waals surface area (Å²) in [4.78, 5) is 17.6. The van der Waals surface area contributed by atoms with E-state index in [0.29, 0.717) is 19.6 Å². The monoisotopic (exact) mass is 306 g/mol. The van der Waals surface area contributed by atoms with Gasteiger partial charge in [-0.2, -0.15) is 0 Å². The minimum Gasteiger partial charge on any atom is -0.360 e. The number of rotatable bonds is 5. The summed E-state index contributed by atoms with van der Waals surface area (Å²) in [5.74, 6) is -0.254. The molecule has 1 aromatic heterocycles. The van der Waals surface area contributed by atoms with Gasteiger partial charge in [0.2, 0.25) is 0 Å². The molecule has 0 atom stereocenters. The Morgan fingerprint density at radius 3 is 2.90 bits per heavy atom. The highest BCUT2D eigenvalue weighted by molar-refractivity contribution is 7.14. The van der Waals surface area contributed by atoms with Crippen molar-refractivity contribution in [3.05, 3.63) is 35.5 Å². The summed E-state index contributed by atoms with van der Waals surface area (Å²) in [7, 11) is 0. The zero-order chi connectivity index (χ0) is 14.7. The third-order valence-electron chi connectivity index (χ3n) is 3.25. The summed E-state index contributed by atoms with van der Waals surface area (Å²) < 4.78 is 12.9. The first kappa shape index (κ1) is 13.8. The van der Waals surface area contributed by atoms with Gasteiger partial charge in [0, 0.05) is 37.1 Å². The Balaban J connectivity index is 1.55. The van der Waals surface area contributed by atoms with Crippen LogP contribution >= 0.6 is 11.3 Å². The van der Waals surface area contributed by atoms with Gasteiger partial charge in [-0.05, 0) is 24.3 Å². The number of thiazole rings is 1. The quantitative estimate of drug-likeness (QED) is 0.892. The van der Waals surface area contributed by atoms with Crippen LogP contribution in [0.5, 0.6) is 0 Å². The lowest BCUT2D eigenvalue weighted by molar-refractivity contribution is 0.219. The highest BCUT2D eigenvalue weighted by atomic mass is 32.1. The van der Waals surface area contributed by atoms with Crippen LogP contribution in [-0.2, 0) is 0 Å². The van der Waals surface area contributed by atoms with Gasteiger partial charge < -0.3 is 15.5 Å². The number of urea groups is 1. The van der Waals surface area contributed by atoms with E-state index < -0.39 is 0 Å². The van der Waals surface area contributed by atoms with Crippen LogP contribution < -0.4 is 10.6 Å². The molecule has 1 aliphatic heterocycles. The standard InChI is InChI=1S/C14H15FN4OS/c15-11-3-1-10(2-4-11)12-9-21-13(18-12)16-5-7-19-8-6-17-14(19)20/h1-4,9H,5-8H2,(H,16,18)(H,17,20). The second-order valence-electron chi connectivity index (χ2n) is 4.69. The number of carbonyl (C=O) groups is 1. The molecule has 1 aromatic carbocycles. The smallest absolute Gasteiger partial charge is 0.317 e. The number of hydrogen-bond donors (Lipinski definition) is 2. The lowest BCUT2D eigenvalue weighted by atomic mass is 10.2. The molecule has 2 amide bonds. The number of benzene rings is 1. The van der Waals surface area contributed by atoms with Crippen molar-refractivity contribution < 1.29 is 9.18 Å². The van der Waals surface area contributed by atoms with Crippen molar-refractivity contribution in [1.29, 1.82) is 0 Å². The summed E-state index contributed by atoms with van der Waals surface area (Å²) in [5, 5.41) is 8.70. The second-order valence-corrected chi connectivity index (χ2v) is 5.55. The Kier molecular flexibility index (Phi) is 4.01. The predicted octanol–water partition coefficient (Wildman–Crippen LogP) is 2.39. The maximum atomic E-state index is 12.9. The molecule has 1 fully saturated rings. The van der Waals surface area contributed by atoms with Crippen molar-refractivity contribution in [1.82, 2.24) is 15.2 Å². The topological polar surface area (TPSA) is 57.3 Å². The molecule has 1 saturated heterocycles. The molecule has 110 valence electrons. The zero-order valence-electron chi connectivity index (χ0n) is 11.3. The summed E-state index contributed by atoms with van der Waals surface area (Å²) in [6, 6.07) is 6.26. The van der Waals surface area contributed by atoms with E-state index in [1.807, 2.05) is 5.38 Å². The number of nitrogens with one attached hydrogen (secondary N) is 2. The van der Waals surface area contributed by atoms with Crippen LogP contribution in [0.4, 0.5) is 14.3 Å². The Morgan fingerprint density at radius 1 is 1.38 bits per heavy atom. The second kappa shape index (κ2) is 6.09. The van der Waals surface area contributed by atoms with Crippen LogP contribution in [0.2, 0.25) is 0 Å². The summed E-state index contributed by atoms with van der Waals surface area (Å²) in [5.41, 5.74) is 1.71. The van der Waals surface area contributed by atoms with E-state index in [9.17, 15) is 9.18 Å². The van der Waals surface area contributed by atoms with Gasteiger partial charge in [0.15, 0.2) is 5.13 Å². The fourth-order valence-corrected chi connectivity index (χ4v) is 2.88. The highest BCUT2D eigenvalue weighted by Gasteiger charge is 2.18. The Hall–Kier alpha value is -2.15. The lowest BCUT2D eigenvalue weighted by Crippen LogP contribution is -2.32. The molecule has 0 radical (unpaired) electrons. The number of aromatic nitrogens is 1. The number of anilines is 1. The van der Waals surface area contributed by atoms with Crippen molar-refractivity contribution in [3.63, 3.8) is 0 Å². The van der Waals surface area contributed by atoms with Crippen LogP contribution in [0.15, 0.2) is 29.6 Å². The molecule has 0 aliphatic carbocycles. The number of amides is 2. The van der Waals surface area contributed by atoms with E-state index in [4.69, 9.17) is 0 Å². The molecule has 21 heavy (non-hydrogen) atoms. The molecule has 2 N–H and O–H groups in total. The van der Waals surface area contributed by atoms with E-state index in [-0.39, 0.29) is 11.8 Å². The van der Waals surface area contributed by atoms with E-state index in [0.717, 1.165) is 22.9 Å². The Morgan fingerprint density at radius 2 is 2.19 bits per heavy atom. The molecule has 0 unspecified atom stereocenters. The van der Waals surface area contributed by atoms with Gasteiger partial charge in [0.1, 0.15) is 5.82 Å². The lowest BCUT2D eigenvalue weighted by Gasteiger charge is -2.13. The number of carbonyl (C=O) groups excluding carboxylic acids is 1. The molecule has 5 nitrogen and oxygen atoms in total. The first-order valence-electron chi connectivity index (χ1n) is 6.70. The van der Waals surface area contributed by atoms with Crippen LogP contribution in [0, 0.1) is 5.82 Å². The average Bonchev–Trinajstić information content (AvgIpc) is 3.10. The van der Waals surface area contributed by atoms with E-state index in [1.54, 1.807) is 17.0 Å². The molecular formula is C14H15FN4OS. The molecule has 2 heterocycles. The number of halogens is 1. The number of nitrogens with zero attached hydrogens (tertiary/aromatic N) is 2. The van der Waals surface area contributed by atoms with Gasteiger partial charge in [0.25, 0.3) is 0 Å². The molecule has 0 saturated carbocycles. The maximum Gasteiger partial charge on any atom is 0.317 e. The summed E-state index contributed by atoms with van der Waals surface area (Å²) in [6.07, 6.45) is 0. The van der Waals surface area contributed by atoms with Crippen LogP contribution in [0.3, 0.4) is 0 Å². The minimum atomic E-state index is -0.254. The molecule has 3 rings (SSSR count). The van der Waals surface area contributed by atoms with Crippen LogP contribution in [-0.4, -0.2) is 42.1 Å². The maximum absolute atomic E-state index is 12.9. The number of hydrogen-bond acceptors (Lipinski definition) is 4. The third-order valence-corrected chi connectivity index (χ3v) is 4.05. The van der Waals surface area contributed by atoms with Gasteiger partial charge >= 0.3 is 6.03 Å².